The number of alkyl halides is 3. The van der Waals surface area contributed by atoms with Crippen LogP contribution in [-0.2, 0) is 12.6 Å². The molecular weight excluding hydrogens is 429 g/mol. The minimum atomic E-state index is -4.50. The summed E-state index contributed by atoms with van der Waals surface area (Å²) in [6, 6.07) is 12.4. The quantitative estimate of drug-likeness (QED) is 0.557. The molecule has 1 fully saturated rings. The number of hydrogen-bond acceptors (Lipinski definition) is 4. The molecule has 1 aliphatic heterocycles. The van der Waals surface area contributed by atoms with Crippen molar-refractivity contribution < 1.29 is 13.2 Å². The number of rotatable bonds is 5. The van der Waals surface area contributed by atoms with E-state index in [4.69, 9.17) is 11.6 Å². The highest BCUT2D eigenvalue weighted by atomic mass is 35.5. The largest absolute Gasteiger partial charge is 0.417 e. The van der Waals surface area contributed by atoms with E-state index >= 15 is 0 Å². The molecule has 0 bridgehead atoms. The number of aryl methyl sites for hydroxylation is 1. The first-order valence-electron chi connectivity index (χ1n) is 9.96. The van der Waals surface area contributed by atoms with Crippen LogP contribution in [-0.4, -0.2) is 27.4 Å². The predicted octanol–water partition coefficient (Wildman–Crippen LogP) is 4.90. The number of halogens is 4. The Morgan fingerprint density at radius 3 is 2.55 bits per heavy atom. The summed E-state index contributed by atoms with van der Waals surface area (Å²) in [6.07, 6.45) is 1.47. The fraction of sp³-hybridized carbons (Fsp3) is 0.318. The summed E-state index contributed by atoms with van der Waals surface area (Å²) < 4.78 is 39.2. The van der Waals surface area contributed by atoms with E-state index in [1.165, 1.54) is 11.8 Å². The Bertz CT molecular complexity index is 1100. The van der Waals surface area contributed by atoms with Crippen LogP contribution in [0, 0.1) is 0 Å². The zero-order valence-corrected chi connectivity index (χ0v) is 17.3. The molecule has 5 nitrogen and oxygen atoms in total. The van der Waals surface area contributed by atoms with Crippen molar-refractivity contribution in [1.82, 2.24) is 14.8 Å². The molecule has 1 saturated heterocycles. The Balaban J connectivity index is 1.56. The van der Waals surface area contributed by atoms with Gasteiger partial charge >= 0.3 is 6.18 Å². The molecule has 1 aromatic carbocycles. The Morgan fingerprint density at radius 2 is 1.87 bits per heavy atom. The van der Waals surface area contributed by atoms with Gasteiger partial charge in [-0.05, 0) is 43.4 Å². The first-order valence-corrected chi connectivity index (χ1v) is 10.3. The molecule has 162 valence electrons. The van der Waals surface area contributed by atoms with Gasteiger partial charge in [0.05, 0.1) is 17.4 Å². The van der Waals surface area contributed by atoms with Crippen LogP contribution in [0.4, 0.5) is 18.9 Å². The van der Waals surface area contributed by atoms with Crippen LogP contribution in [0.3, 0.4) is 0 Å². The van der Waals surface area contributed by atoms with E-state index in [1.807, 2.05) is 18.2 Å². The van der Waals surface area contributed by atoms with E-state index in [2.05, 4.69) is 27.1 Å². The van der Waals surface area contributed by atoms with Gasteiger partial charge in [0, 0.05) is 18.8 Å². The van der Waals surface area contributed by atoms with Crippen molar-refractivity contribution in [3.8, 4) is 5.82 Å². The minimum Gasteiger partial charge on any atom is -0.366 e. The number of anilines is 1. The summed E-state index contributed by atoms with van der Waals surface area (Å²) in [6.45, 7) is 0.767. The van der Waals surface area contributed by atoms with Gasteiger partial charge in [0.1, 0.15) is 5.02 Å². The second kappa shape index (κ2) is 8.70. The number of hydrogen-bond donors (Lipinski definition) is 0. The van der Waals surface area contributed by atoms with Gasteiger partial charge in [-0.15, -0.1) is 0 Å². The molecule has 1 atom stereocenters. The molecule has 0 amide bonds. The van der Waals surface area contributed by atoms with Crippen LogP contribution in [0.5, 0.6) is 0 Å². The molecule has 3 heterocycles. The summed E-state index contributed by atoms with van der Waals surface area (Å²) in [7, 11) is 0. The van der Waals surface area contributed by atoms with Crippen LogP contribution in [0.15, 0.2) is 59.7 Å². The lowest BCUT2D eigenvalue weighted by Gasteiger charge is -2.27. The van der Waals surface area contributed by atoms with Gasteiger partial charge in [-0.1, -0.05) is 41.9 Å². The van der Waals surface area contributed by atoms with E-state index < -0.39 is 17.3 Å². The Hall–Kier alpha value is -2.87. The molecule has 2 aromatic heterocycles. The first-order chi connectivity index (χ1) is 14.8. The van der Waals surface area contributed by atoms with Gasteiger partial charge in [0.25, 0.3) is 5.56 Å². The van der Waals surface area contributed by atoms with E-state index in [9.17, 15) is 18.0 Å². The average molecular weight is 449 g/mol. The SMILES string of the molecule is O=c1c(Cl)c(N2CCC[C@H]2CCc2ccccc2)cnn1-c1ccc(C(F)(F)F)cn1. The Kier molecular flexibility index (Phi) is 6.00. The molecule has 3 aromatic rings. The molecular formula is C22H20ClF3N4O. The third kappa shape index (κ3) is 4.58. The molecule has 0 spiro atoms. The van der Waals surface area contributed by atoms with E-state index in [-0.39, 0.29) is 16.9 Å². The average Bonchev–Trinajstić information content (AvgIpc) is 3.23. The van der Waals surface area contributed by atoms with Gasteiger partial charge in [-0.2, -0.15) is 23.0 Å². The molecule has 0 N–H and O–H groups in total. The van der Waals surface area contributed by atoms with E-state index in [0.717, 1.165) is 49.0 Å². The molecule has 0 unspecified atom stereocenters. The van der Waals surface area contributed by atoms with Crippen molar-refractivity contribution in [2.75, 3.05) is 11.4 Å². The third-order valence-corrected chi connectivity index (χ3v) is 5.84. The normalized spacial score (nSPS) is 16.6. The highest BCUT2D eigenvalue weighted by Crippen LogP contribution is 2.32. The Morgan fingerprint density at radius 1 is 1.10 bits per heavy atom. The lowest BCUT2D eigenvalue weighted by molar-refractivity contribution is -0.137. The summed E-state index contributed by atoms with van der Waals surface area (Å²) in [5.41, 5.74) is 0.290. The highest BCUT2D eigenvalue weighted by molar-refractivity contribution is 6.33. The smallest absolute Gasteiger partial charge is 0.366 e. The molecule has 4 rings (SSSR count). The molecule has 31 heavy (non-hydrogen) atoms. The summed E-state index contributed by atoms with van der Waals surface area (Å²) in [4.78, 5) is 18.6. The zero-order valence-electron chi connectivity index (χ0n) is 16.5. The van der Waals surface area contributed by atoms with Crippen molar-refractivity contribution in [3.05, 3.63) is 81.4 Å². The summed E-state index contributed by atoms with van der Waals surface area (Å²) in [5, 5.41) is 4.12. The van der Waals surface area contributed by atoms with Crippen LogP contribution in [0.25, 0.3) is 5.82 Å². The number of benzene rings is 1. The van der Waals surface area contributed by atoms with Crippen molar-refractivity contribution in [3.63, 3.8) is 0 Å². The monoisotopic (exact) mass is 448 g/mol. The van der Waals surface area contributed by atoms with Gasteiger partial charge in [-0.3, -0.25) is 4.79 Å². The van der Waals surface area contributed by atoms with Gasteiger partial charge in [0.2, 0.25) is 0 Å². The van der Waals surface area contributed by atoms with Crippen LogP contribution >= 0.6 is 11.6 Å². The molecule has 1 aliphatic rings. The van der Waals surface area contributed by atoms with E-state index in [0.29, 0.717) is 11.9 Å². The minimum absolute atomic E-state index is 0.0108. The van der Waals surface area contributed by atoms with Crippen LogP contribution in [0.2, 0.25) is 5.02 Å². The van der Waals surface area contributed by atoms with Gasteiger partial charge < -0.3 is 4.90 Å². The maximum atomic E-state index is 12.8. The second-order valence-electron chi connectivity index (χ2n) is 7.48. The number of pyridine rings is 1. The maximum Gasteiger partial charge on any atom is 0.417 e. The highest BCUT2D eigenvalue weighted by Gasteiger charge is 2.31. The fourth-order valence-electron chi connectivity index (χ4n) is 3.90. The molecule has 0 radical (unpaired) electrons. The van der Waals surface area contributed by atoms with Crippen molar-refractivity contribution >= 4 is 17.3 Å². The molecule has 0 aliphatic carbocycles. The second-order valence-corrected chi connectivity index (χ2v) is 7.86. The summed E-state index contributed by atoms with van der Waals surface area (Å²) in [5.74, 6) is -0.0199. The first kappa shape index (κ1) is 21.4. The topological polar surface area (TPSA) is 51.0 Å². The van der Waals surface area contributed by atoms with Crippen molar-refractivity contribution in [2.45, 2.75) is 37.9 Å². The van der Waals surface area contributed by atoms with Gasteiger partial charge in [0.15, 0.2) is 5.82 Å². The standard InChI is InChI=1S/C22H20ClF3N4O/c23-20-18(29-12-4-7-17(29)10-8-15-5-2-1-3-6-15)14-28-30(21(20)31)19-11-9-16(13-27-19)22(24,25)26/h1-3,5-6,9,11,13-14,17H,4,7-8,10,12H2/t17-/m0/s1. The van der Waals surface area contributed by atoms with Crippen molar-refractivity contribution in [2.24, 2.45) is 0 Å². The van der Waals surface area contributed by atoms with Crippen LogP contribution in [0.1, 0.15) is 30.4 Å². The van der Waals surface area contributed by atoms with Crippen LogP contribution < -0.4 is 10.5 Å². The lowest BCUT2D eigenvalue weighted by Crippen LogP contribution is -2.33. The number of aromatic nitrogens is 3. The van der Waals surface area contributed by atoms with Gasteiger partial charge in [-0.25, -0.2) is 4.98 Å². The van der Waals surface area contributed by atoms with E-state index in [1.54, 1.807) is 0 Å². The maximum absolute atomic E-state index is 12.8. The molecule has 9 heteroatoms. The Labute approximate surface area is 182 Å². The number of nitrogens with zero attached hydrogens (tertiary/aromatic N) is 4. The fourth-order valence-corrected chi connectivity index (χ4v) is 4.13. The summed E-state index contributed by atoms with van der Waals surface area (Å²) >= 11 is 6.39. The molecule has 0 saturated carbocycles. The van der Waals surface area contributed by atoms with Crippen molar-refractivity contribution in [1.29, 1.82) is 0 Å². The zero-order chi connectivity index (χ0) is 22.0. The lowest BCUT2D eigenvalue weighted by atomic mass is 10.0. The third-order valence-electron chi connectivity index (χ3n) is 5.49. The predicted molar refractivity (Wildman–Crippen MR) is 113 cm³/mol.